The molecule has 0 radical (unpaired) electrons. The van der Waals surface area contributed by atoms with Crippen molar-refractivity contribution in [2.24, 2.45) is 0 Å². The molecule has 0 atom stereocenters. The number of nitrogens with zero attached hydrogens (tertiary/aromatic N) is 2. The van der Waals surface area contributed by atoms with Crippen molar-refractivity contribution in [3.8, 4) is 0 Å². The second-order valence-corrected chi connectivity index (χ2v) is 7.12. The zero-order chi connectivity index (χ0) is 18.0. The molecule has 0 saturated carbocycles. The van der Waals surface area contributed by atoms with Crippen LogP contribution in [-0.4, -0.2) is 16.3 Å². The van der Waals surface area contributed by atoms with Crippen molar-refractivity contribution in [1.29, 1.82) is 0 Å². The van der Waals surface area contributed by atoms with Gasteiger partial charge in [0.2, 0.25) is 0 Å². The molecule has 0 spiro atoms. The van der Waals surface area contributed by atoms with Gasteiger partial charge in [0.25, 0.3) is 0 Å². The quantitative estimate of drug-likeness (QED) is 0.788. The predicted molar refractivity (Wildman–Crippen MR) is 89.1 cm³/mol. The number of nitrogens with one attached hydrogen (secondary N) is 1. The van der Waals surface area contributed by atoms with E-state index in [2.05, 4.69) is 55.5 Å². The van der Waals surface area contributed by atoms with Gasteiger partial charge in [-0.1, -0.05) is 56.6 Å². The second-order valence-electron chi connectivity index (χ2n) is 6.71. The van der Waals surface area contributed by atoms with Crippen molar-refractivity contribution in [2.75, 3.05) is 6.54 Å². The molecule has 7 heteroatoms. The third-order valence-corrected chi connectivity index (χ3v) is 3.93. The lowest BCUT2D eigenvalue weighted by atomic mass is 9.87. The molecular formula is C17H21ClF3N3. The van der Waals surface area contributed by atoms with Crippen LogP contribution in [0.15, 0.2) is 30.5 Å². The lowest BCUT2D eigenvalue weighted by Gasteiger charge is -2.19. The molecule has 132 valence electrons. The molecule has 0 saturated heterocycles. The Kier molecular flexibility index (Phi) is 5.60. The fourth-order valence-corrected chi connectivity index (χ4v) is 2.51. The molecule has 2 rings (SSSR count). The molecular weight excluding hydrogens is 339 g/mol. The number of alkyl halides is 3. The smallest absolute Gasteiger partial charge is 0.311 e. The Morgan fingerprint density at radius 2 is 1.75 bits per heavy atom. The van der Waals surface area contributed by atoms with E-state index in [9.17, 15) is 13.2 Å². The van der Waals surface area contributed by atoms with E-state index in [0.29, 0.717) is 19.6 Å². The monoisotopic (exact) mass is 359 g/mol. The fraction of sp³-hybridized carbons (Fsp3) is 0.471. The molecule has 0 aliphatic carbocycles. The maximum Gasteiger partial charge on any atom is 0.436 e. The summed E-state index contributed by atoms with van der Waals surface area (Å²) in [5.41, 5.74) is 1.46. The van der Waals surface area contributed by atoms with Gasteiger partial charge < -0.3 is 5.32 Å². The molecule has 1 aromatic carbocycles. The summed E-state index contributed by atoms with van der Waals surface area (Å²) in [6.45, 7) is 7.93. The van der Waals surface area contributed by atoms with E-state index in [1.54, 1.807) is 0 Å². The van der Waals surface area contributed by atoms with Crippen molar-refractivity contribution in [3.63, 3.8) is 0 Å². The van der Waals surface area contributed by atoms with Gasteiger partial charge in [-0.3, -0.25) is 4.68 Å². The standard InChI is InChI=1S/C17H21ClF3N3/c1-16(2,3)13-6-4-12(5-7-13)10-22-8-9-24-11-14(18)15(23-24)17(19,20)21/h4-7,11,22H,8-10H2,1-3H3. The first-order valence-corrected chi connectivity index (χ1v) is 8.05. The molecule has 0 bridgehead atoms. The van der Waals surface area contributed by atoms with Crippen LogP contribution in [0.1, 0.15) is 37.6 Å². The first-order valence-electron chi connectivity index (χ1n) is 7.67. The van der Waals surface area contributed by atoms with E-state index in [4.69, 9.17) is 11.6 Å². The predicted octanol–water partition coefficient (Wildman–Crippen LogP) is 4.64. The van der Waals surface area contributed by atoms with Crippen molar-refractivity contribution in [2.45, 2.75) is 45.5 Å². The Labute approximate surface area is 144 Å². The van der Waals surface area contributed by atoms with Crippen LogP contribution in [0.25, 0.3) is 0 Å². The van der Waals surface area contributed by atoms with Gasteiger partial charge in [0.1, 0.15) is 0 Å². The minimum absolute atomic E-state index is 0.113. The van der Waals surface area contributed by atoms with Crippen LogP contribution in [0, 0.1) is 0 Å². The summed E-state index contributed by atoms with van der Waals surface area (Å²) in [6, 6.07) is 8.31. The first kappa shape index (κ1) is 18.8. The SMILES string of the molecule is CC(C)(C)c1ccc(CNCCn2cc(Cl)c(C(F)(F)F)n2)cc1. The molecule has 24 heavy (non-hydrogen) atoms. The highest BCUT2D eigenvalue weighted by Gasteiger charge is 2.36. The number of rotatable bonds is 5. The Balaban J connectivity index is 1.83. The van der Waals surface area contributed by atoms with Gasteiger partial charge in [0.15, 0.2) is 5.69 Å². The van der Waals surface area contributed by atoms with Gasteiger partial charge in [-0.15, -0.1) is 0 Å². The minimum Gasteiger partial charge on any atom is -0.311 e. The molecule has 1 heterocycles. The maximum absolute atomic E-state index is 12.6. The third-order valence-electron chi connectivity index (χ3n) is 3.65. The van der Waals surface area contributed by atoms with Crippen LogP contribution in [0.4, 0.5) is 13.2 Å². The van der Waals surface area contributed by atoms with Crippen molar-refractivity contribution < 1.29 is 13.2 Å². The van der Waals surface area contributed by atoms with Crippen molar-refractivity contribution >= 4 is 11.6 Å². The fourth-order valence-electron chi connectivity index (χ4n) is 2.25. The highest BCUT2D eigenvalue weighted by molar-refractivity contribution is 6.31. The number of hydrogen-bond acceptors (Lipinski definition) is 2. The molecule has 0 unspecified atom stereocenters. The van der Waals surface area contributed by atoms with E-state index in [1.807, 2.05) is 0 Å². The van der Waals surface area contributed by atoms with Crippen molar-refractivity contribution in [1.82, 2.24) is 15.1 Å². The lowest BCUT2D eigenvalue weighted by molar-refractivity contribution is -0.141. The van der Waals surface area contributed by atoms with Crippen molar-refractivity contribution in [3.05, 3.63) is 52.3 Å². The van der Waals surface area contributed by atoms with E-state index >= 15 is 0 Å². The summed E-state index contributed by atoms with van der Waals surface area (Å²) in [5, 5.41) is 6.30. The summed E-state index contributed by atoms with van der Waals surface area (Å²) in [7, 11) is 0. The van der Waals surface area contributed by atoms with E-state index in [0.717, 1.165) is 5.56 Å². The molecule has 0 aliphatic rings. The summed E-state index contributed by atoms with van der Waals surface area (Å²) < 4.78 is 39.0. The summed E-state index contributed by atoms with van der Waals surface area (Å²) in [6.07, 6.45) is -3.32. The van der Waals surface area contributed by atoms with Gasteiger partial charge in [-0.2, -0.15) is 18.3 Å². The molecule has 0 fully saturated rings. The van der Waals surface area contributed by atoms with Crippen LogP contribution in [0.2, 0.25) is 5.02 Å². The van der Waals surface area contributed by atoms with Crippen LogP contribution in [0.5, 0.6) is 0 Å². The zero-order valence-electron chi connectivity index (χ0n) is 13.9. The van der Waals surface area contributed by atoms with E-state index in [-0.39, 0.29) is 10.4 Å². The average Bonchev–Trinajstić information content (AvgIpc) is 2.84. The van der Waals surface area contributed by atoms with Gasteiger partial charge >= 0.3 is 6.18 Å². The normalized spacial score (nSPS) is 12.6. The van der Waals surface area contributed by atoms with Crippen LogP contribution in [0.3, 0.4) is 0 Å². The zero-order valence-corrected chi connectivity index (χ0v) is 14.7. The Hall–Kier alpha value is -1.53. The minimum atomic E-state index is -4.52. The number of aromatic nitrogens is 2. The summed E-state index contributed by atoms with van der Waals surface area (Å²) in [5.74, 6) is 0. The highest BCUT2D eigenvalue weighted by atomic mass is 35.5. The van der Waals surface area contributed by atoms with E-state index in [1.165, 1.54) is 16.4 Å². The molecule has 3 nitrogen and oxygen atoms in total. The third kappa shape index (κ3) is 4.98. The summed E-state index contributed by atoms with van der Waals surface area (Å²) in [4.78, 5) is 0. The molecule has 0 amide bonds. The van der Waals surface area contributed by atoms with Gasteiger partial charge in [0.05, 0.1) is 11.6 Å². The topological polar surface area (TPSA) is 29.9 Å². The Bertz CT molecular complexity index is 670. The average molecular weight is 360 g/mol. The van der Waals surface area contributed by atoms with Crippen LogP contribution >= 0.6 is 11.6 Å². The number of benzene rings is 1. The molecule has 2 aromatic rings. The summed E-state index contributed by atoms with van der Waals surface area (Å²) >= 11 is 5.57. The van der Waals surface area contributed by atoms with Crippen LogP contribution < -0.4 is 5.32 Å². The van der Waals surface area contributed by atoms with Gasteiger partial charge in [-0.05, 0) is 16.5 Å². The highest BCUT2D eigenvalue weighted by Crippen LogP contribution is 2.33. The maximum atomic E-state index is 12.6. The van der Waals surface area contributed by atoms with Gasteiger partial charge in [-0.25, -0.2) is 0 Å². The number of hydrogen-bond donors (Lipinski definition) is 1. The largest absolute Gasteiger partial charge is 0.436 e. The van der Waals surface area contributed by atoms with Gasteiger partial charge in [0, 0.05) is 19.3 Å². The molecule has 0 aliphatic heterocycles. The second kappa shape index (κ2) is 7.15. The lowest BCUT2D eigenvalue weighted by Crippen LogP contribution is -2.20. The van der Waals surface area contributed by atoms with Crippen LogP contribution in [-0.2, 0) is 24.7 Å². The first-order chi connectivity index (χ1) is 11.1. The molecule has 1 aromatic heterocycles. The number of halogens is 4. The Morgan fingerprint density at radius 3 is 2.25 bits per heavy atom. The van der Waals surface area contributed by atoms with E-state index < -0.39 is 11.9 Å². The Morgan fingerprint density at radius 1 is 1.12 bits per heavy atom. The molecule has 1 N–H and O–H groups in total.